The Kier molecular flexibility index (Phi) is 7.20. The molecule has 8 nitrogen and oxygen atoms in total. The molecule has 38 heavy (non-hydrogen) atoms. The number of methoxy groups -OCH3 is 1. The summed E-state index contributed by atoms with van der Waals surface area (Å²) in [4.78, 5) is 16.9. The van der Waals surface area contributed by atoms with Crippen LogP contribution in [0.1, 0.15) is 21.7 Å². The second-order valence-electron chi connectivity index (χ2n) is 9.15. The molecule has 0 unspecified atom stereocenters. The summed E-state index contributed by atoms with van der Waals surface area (Å²) in [7, 11) is -2.46. The number of hydrogen-bond donors (Lipinski definition) is 2. The van der Waals surface area contributed by atoms with Crippen molar-refractivity contribution in [3.05, 3.63) is 94.2 Å². The van der Waals surface area contributed by atoms with Gasteiger partial charge in [-0.2, -0.15) is 4.31 Å². The van der Waals surface area contributed by atoms with E-state index in [0.717, 1.165) is 21.2 Å². The zero-order valence-electron chi connectivity index (χ0n) is 20.8. The SMILES string of the molecule is COc1ccc2ccc(S(=O)(=O)N(Cc3ccccc3)[C@H]3CCN(Cc4ccc(C(=N)N)s4)C3=O)cc2c1. The van der Waals surface area contributed by atoms with E-state index in [4.69, 9.17) is 15.9 Å². The van der Waals surface area contributed by atoms with Crippen molar-refractivity contribution in [2.45, 2.75) is 30.4 Å². The van der Waals surface area contributed by atoms with Gasteiger partial charge in [-0.1, -0.05) is 42.5 Å². The predicted molar refractivity (Wildman–Crippen MR) is 149 cm³/mol. The maximum Gasteiger partial charge on any atom is 0.244 e. The minimum atomic E-state index is -4.03. The molecule has 0 bridgehead atoms. The maximum atomic E-state index is 14.1. The van der Waals surface area contributed by atoms with Crippen molar-refractivity contribution >= 4 is 43.9 Å². The molecule has 1 aliphatic heterocycles. The molecule has 1 amide bonds. The van der Waals surface area contributed by atoms with Gasteiger partial charge in [0, 0.05) is 18.0 Å². The average Bonchev–Trinajstić information content (AvgIpc) is 3.54. The first kappa shape index (κ1) is 25.9. The maximum absolute atomic E-state index is 14.1. The molecule has 0 radical (unpaired) electrons. The molecule has 3 N–H and O–H groups in total. The van der Waals surface area contributed by atoms with Crippen molar-refractivity contribution in [1.82, 2.24) is 9.21 Å². The van der Waals surface area contributed by atoms with Gasteiger partial charge in [-0.15, -0.1) is 11.3 Å². The van der Waals surface area contributed by atoms with Crippen LogP contribution in [0.5, 0.6) is 5.75 Å². The molecule has 196 valence electrons. The largest absolute Gasteiger partial charge is 0.497 e. The first-order valence-corrected chi connectivity index (χ1v) is 14.4. The minimum Gasteiger partial charge on any atom is -0.497 e. The summed E-state index contributed by atoms with van der Waals surface area (Å²) in [5, 5.41) is 9.25. The van der Waals surface area contributed by atoms with Gasteiger partial charge in [-0.3, -0.25) is 10.2 Å². The fraction of sp³-hybridized carbons (Fsp3) is 0.214. The number of thiophene rings is 1. The smallest absolute Gasteiger partial charge is 0.244 e. The lowest BCUT2D eigenvalue weighted by Crippen LogP contribution is -2.44. The number of nitrogens with two attached hydrogens (primary N) is 1. The van der Waals surface area contributed by atoms with Crippen LogP contribution in [0.4, 0.5) is 0 Å². The summed E-state index contributed by atoms with van der Waals surface area (Å²) in [5.41, 5.74) is 6.38. The first-order chi connectivity index (χ1) is 18.3. The monoisotopic (exact) mass is 548 g/mol. The number of nitrogens with zero attached hydrogens (tertiary/aromatic N) is 2. The van der Waals surface area contributed by atoms with Gasteiger partial charge in [-0.05, 0) is 59.2 Å². The highest BCUT2D eigenvalue weighted by Crippen LogP contribution is 2.31. The summed E-state index contributed by atoms with van der Waals surface area (Å²) in [6, 6.07) is 22.6. The van der Waals surface area contributed by atoms with E-state index in [1.807, 2.05) is 48.5 Å². The van der Waals surface area contributed by atoms with Crippen LogP contribution >= 0.6 is 11.3 Å². The minimum absolute atomic E-state index is 0.0139. The van der Waals surface area contributed by atoms with Crippen molar-refractivity contribution in [2.24, 2.45) is 5.73 Å². The lowest BCUT2D eigenvalue weighted by Gasteiger charge is -2.27. The molecule has 4 aromatic rings. The Morgan fingerprint density at radius 2 is 1.84 bits per heavy atom. The summed E-state index contributed by atoms with van der Waals surface area (Å²) in [6.07, 6.45) is 0.386. The number of carbonyl (C=O) groups excluding carboxylic acids is 1. The van der Waals surface area contributed by atoms with Gasteiger partial charge in [-0.25, -0.2) is 8.42 Å². The molecular formula is C28H28N4O4S2. The average molecular weight is 549 g/mol. The highest BCUT2D eigenvalue weighted by atomic mass is 32.2. The van der Waals surface area contributed by atoms with Crippen LogP contribution in [-0.4, -0.2) is 49.1 Å². The molecule has 1 saturated heterocycles. The van der Waals surface area contributed by atoms with Crippen LogP contribution in [0.3, 0.4) is 0 Å². The molecule has 1 fully saturated rings. The number of hydrogen-bond acceptors (Lipinski definition) is 6. The molecule has 2 heterocycles. The summed E-state index contributed by atoms with van der Waals surface area (Å²) in [6.45, 7) is 0.867. The Bertz CT molecular complexity index is 1600. The van der Waals surface area contributed by atoms with Crippen LogP contribution in [0, 0.1) is 5.41 Å². The predicted octanol–water partition coefficient (Wildman–Crippen LogP) is 4.19. The third kappa shape index (κ3) is 5.15. The van der Waals surface area contributed by atoms with E-state index in [9.17, 15) is 13.2 Å². The van der Waals surface area contributed by atoms with Crippen molar-refractivity contribution in [3.63, 3.8) is 0 Å². The van der Waals surface area contributed by atoms with Gasteiger partial charge in [0.25, 0.3) is 0 Å². The van der Waals surface area contributed by atoms with Gasteiger partial charge in [0.05, 0.1) is 23.4 Å². The van der Waals surface area contributed by atoms with Crippen molar-refractivity contribution in [3.8, 4) is 5.75 Å². The first-order valence-electron chi connectivity index (χ1n) is 12.1. The fourth-order valence-corrected chi connectivity index (χ4v) is 7.22. The van der Waals surface area contributed by atoms with E-state index in [2.05, 4.69) is 0 Å². The summed E-state index contributed by atoms with van der Waals surface area (Å²) < 4.78 is 34.9. The lowest BCUT2D eigenvalue weighted by molar-refractivity contribution is -0.131. The van der Waals surface area contributed by atoms with E-state index >= 15 is 0 Å². The highest BCUT2D eigenvalue weighted by molar-refractivity contribution is 7.89. The number of nitrogens with one attached hydrogen (secondary N) is 1. The van der Waals surface area contributed by atoms with Gasteiger partial charge in [0.15, 0.2) is 0 Å². The molecule has 1 atom stereocenters. The Balaban J connectivity index is 1.48. The van der Waals surface area contributed by atoms with Crippen LogP contribution in [0.25, 0.3) is 10.8 Å². The Labute approximate surface area is 225 Å². The van der Waals surface area contributed by atoms with E-state index in [-0.39, 0.29) is 23.2 Å². The molecule has 0 saturated carbocycles. The normalized spacial score (nSPS) is 15.9. The number of fused-ring (bicyclic) bond motifs is 1. The Morgan fingerprint density at radius 1 is 1.08 bits per heavy atom. The zero-order chi connectivity index (χ0) is 26.9. The van der Waals surface area contributed by atoms with Crippen LogP contribution in [-0.2, 0) is 27.9 Å². The van der Waals surface area contributed by atoms with Crippen LogP contribution < -0.4 is 10.5 Å². The number of carbonyl (C=O) groups is 1. The lowest BCUT2D eigenvalue weighted by atomic mass is 10.1. The molecule has 10 heteroatoms. The van der Waals surface area contributed by atoms with E-state index in [1.165, 1.54) is 15.6 Å². The standard InChI is InChI=1S/C28H28N4O4S2/c1-36-22-9-7-20-8-11-24(16-21(20)15-22)38(34,35)32(17-19-5-3-2-4-6-19)25-13-14-31(28(25)33)18-23-10-12-26(37-23)27(29)30/h2-12,15-16,25H,13-14,17-18H2,1H3,(H3,29,30)/t25-/m0/s1. The van der Waals surface area contributed by atoms with Gasteiger partial charge >= 0.3 is 0 Å². The topological polar surface area (TPSA) is 117 Å². The van der Waals surface area contributed by atoms with Crippen LogP contribution in [0.2, 0.25) is 0 Å². The van der Waals surface area contributed by atoms with E-state index < -0.39 is 16.1 Å². The number of likely N-dealkylation sites (tertiary alicyclic amines) is 1. The molecule has 1 aromatic heterocycles. The van der Waals surface area contributed by atoms with Crippen LogP contribution in [0.15, 0.2) is 83.8 Å². The summed E-state index contributed by atoms with van der Waals surface area (Å²) >= 11 is 1.36. The molecule has 0 spiro atoms. The van der Waals surface area contributed by atoms with Gasteiger partial charge in [0.1, 0.15) is 17.6 Å². The highest BCUT2D eigenvalue weighted by Gasteiger charge is 2.42. The van der Waals surface area contributed by atoms with Crippen molar-refractivity contribution < 1.29 is 17.9 Å². The second kappa shape index (κ2) is 10.6. The third-order valence-corrected chi connectivity index (χ3v) is 9.65. The van der Waals surface area contributed by atoms with Crippen molar-refractivity contribution in [1.29, 1.82) is 5.41 Å². The fourth-order valence-electron chi connectivity index (χ4n) is 4.69. The van der Waals surface area contributed by atoms with Gasteiger partial charge < -0.3 is 15.4 Å². The number of benzene rings is 3. The number of sulfonamides is 1. The summed E-state index contributed by atoms with van der Waals surface area (Å²) in [5.74, 6) is 0.390. The number of nitrogen functional groups attached to an aromatic ring is 1. The second-order valence-corrected chi connectivity index (χ2v) is 12.2. The quantitative estimate of drug-likeness (QED) is 0.240. The number of amidine groups is 1. The molecule has 3 aromatic carbocycles. The van der Waals surface area contributed by atoms with E-state index in [0.29, 0.717) is 30.1 Å². The number of amides is 1. The zero-order valence-corrected chi connectivity index (χ0v) is 22.5. The van der Waals surface area contributed by atoms with E-state index in [1.54, 1.807) is 42.3 Å². The van der Waals surface area contributed by atoms with Crippen molar-refractivity contribution in [2.75, 3.05) is 13.7 Å². The molecule has 1 aliphatic rings. The molecule has 5 rings (SSSR count). The number of rotatable bonds is 9. The number of ether oxygens (including phenoxy) is 1. The van der Waals surface area contributed by atoms with Gasteiger partial charge in [0.2, 0.25) is 15.9 Å². The molecular weight excluding hydrogens is 520 g/mol. The third-order valence-electron chi connectivity index (χ3n) is 6.70. The Hall–Kier alpha value is -3.73. The molecule has 0 aliphatic carbocycles. The Morgan fingerprint density at radius 3 is 2.55 bits per heavy atom.